The number of carbonyl (C=O) groups excluding carboxylic acids is 1. The van der Waals surface area contributed by atoms with E-state index < -0.39 is 0 Å². The van der Waals surface area contributed by atoms with Crippen molar-refractivity contribution in [3.05, 3.63) is 67.6 Å². The third-order valence-electron chi connectivity index (χ3n) is 4.00. The molecule has 2 aromatic carbocycles. The third-order valence-corrected chi connectivity index (χ3v) is 4.88. The molecule has 0 aliphatic heterocycles. The van der Waals surface area contributed by atoms with E-state index in [1.807, 2.05) is 27.7 Å². The third kappa shape index (κ3) is 18.6. The lowest BCUT2D eigenvalue weighted by atomic mass is 10.2. The summed E-state index contributed by atoms with van der Waals surface area (Å²) in [4.78, 5) is 14.5. The van der Waals surface area contributed by atoms with Crippen molar-refractivity contribution in [2.45, 2.75) is 40.3 Å². The van der Waals surface area contributed by atoms with Crippen molar-refractivity contribution in [2.75, 3.05) is 39.5 Å². The lowest BCUT2D eigenvalue weighted by Crippen LogP contribution is -2.26. The van der Waals surface area contributed by atoms with Crippen LogP contribution >= 0.6 is 46.4 Å². The van der Waals surface area contributed by atoms with Crippen LogP contribution in [0.1, 0.15) is 43.6 Å². The summed E-state index contributed by atoms with van der Waals surface area (Å²) in [5.41, 5.74) is 6.65. The number of halogens is 4. The maximum Gasteiger partial charge on any atom is 0.176 e. The molecule has 7 nitrogen and oxygen atoms in total. The van der Waals surface area contributed by atoms with Gasteiger partial charge in [0.05, 0.1) is 6.54 Å². The predicted molar refractivity (Wildman–Crippen MR) is 154 cm³/mol. The number of nitrogens with two attached hydrogens (primary N) is 1. The van der Waals surface area contributed by atoms with E-state index in [-0.39, 0.29) is 12.6 Å². The van der Waals surface area contributed by atoms with E-state index in [1.54, 1.807) is 42.6 Å². The maximum absolute atomic E-state index is 10.2. The molecule has 0 amide bonds. The number of rotatable bonds is 13. The Morgan fingerprint density at radius 2 is 1.08 bits per heavy atom. The Morgan fingerprint density at radius 1 is 0.703 bits per heavy atom. The molecule has 0 heterocycles. The van der Waals surface area contributed by atoms with Crippen LogP contribution in [0.3, 0.4) is 0 Å². The molecular weight excluding hydrogens is 562 g/mol. The van der Waals surface area contributed by atoms with Crippen LogP contribution in [0.2, 0.25) is 20.1 Å². The molecular formula is C26H36Cl4N2O5. The second-order valence-electron chi connectivity index (χ2n) is 6.93. The Labute approximate surface area is 240 Å². The number of nitrogens with zero attached hydrogens (tertiary/aromatic N) is 1. The Kier molecular flexibility index (Phi) is 21.9. The molecule has 0 spiro atoms. The topological polar surface area (TPSA) is 92.4 Å². The van der Waals surface area contributed by atoms with Gasteiger partial charge in [0.15, 0.2) is 12.6 Å². The van der Waals surface area contributed by atoms with Crippen LogP contribution in [-0.2, 0) is 18.9 Å². The lowest BCUT2D eigenvalue weighted by Gasteiger charge is -2.14. The predicted octanol–water partition coefficient (Wildman–Crippen LogP) is 6.96. The summed E-state index contributed by atoms with van der Waals surface area (Å²) >= 11 is 23.0. The van der Waals surface area contributed by atoms with Gasteiger partial charge in [-0.1, -0.05) is 46.4 Å². The molecule has 0 saturated heterocycles. The van der Waals surface area contributed by atoms with Gasteiger partial charge >= 0.3 is 0 Å². The molecule has 0 bridgehead atoms. The number of carbonyl (C=O) groups is 1. The number of ether oxygens (including phenoxy) is 4. The Bertz CT molecular complexity index is 866. The lowest BCUT2D eigenvalue weighted by molar-refractivity contribution is -0.128. The minimum atomic E-state index is -0.300. The highest BCUT2D eigenvalue weighted by Gasteiger charge is 2.05. The SMILES string of the molecule is CCOC(CN)OCC.CCOC(CN=Cc1cc(Cl)cc(Cl)c1)OCC.O=Cc1cc(Cl)cc(Cl)c1. The number of aliphatic imine (C=N–C) groups is 1. The van der Waals surface area contributed by atoms with Crippen molar-refractivity contribution in [3.63, 3.8) is 0 Å². The van der Waals surface area contributed by atoms with Gasteiger partial charge in [-0.25, -0.2) is 0 Å². The number of aldehydes is 1. The number of hydrogen-bond donors (Lipinski definition) is 1. The van der Waals surface area contributed by atoms with Crippen molar-refractivity contribution in [2.24, 2.45) is 10.7 Å². The van der Waals surface area contributed by atoms with E-state index in [0.29, 0.717) is 71.5 Å². The number of benzene rings is 2. The first-order valence-corrected chi connectivity index (χ1v) is 13.3. The van der Waals surface area contributed by atoms with Crippen molar-refractivity contribution in [3.8, 4) is 0 Å². The molecule has 0 atom stereocenters. The van der Waals surface area contributed by atoms with Gasteiger partial charge in [-0.3, -0.25) is 9.79 Å². The highest BCUT2D eigenvalue weighted by atomic mass is 35.5. The van der Waals surface area contributed by atoms with E-state index >= 15 is 0 Å². The standard InChI is InChI=1S/C13H17Cl2NO2.C7H4Cl2O.C6H15NO2/c1-3-17-13(18-4-2)9-16-8-10-5-11(14)7-12(15)6-10;8-6-1-5(4-10)2-7(9)3-6;1-3-8-6(5-7)9-4-2/h5-8,13H,3-4,9H2,1-2H3;1-4H;6H,3-5,7H2,1-2H3. The Balaban J connectivity index is 0.000000577. The smallest absolute Gasteiger partial charge is 0.176 e. The maximum atomic E-state index is 10.2. The van der Waals surface area contributed by atoms with Gasteiger partial charge < -0.3 is 24.7 Å². The zero-order valence-electron chi connectivity index (χ0n) is 21.6. The van der Waals surface area contributed by atoms with Crippen molar-refractivity contribution < 1.29 is 23.7 Å². The van der Waals surface area contributed by atoms with Crippen LogP contribution in [0.15, 0.2) is 41.4 Å². The fraction of sp³-hybridized carbons (Fsp3) is 0.462. The van der Waals surface area contributed by atoms with E-state index in [2.05, 4.69) is 4.99 Å². The van der Waals surface area contributed by atoms with Crippen molar-refractivity contribution in [1.29, 1.82) is 0 Å². The van der Waals surface area contributed by atoms with Gasteiger partial charge in [0.25, 0.3) is 0 Å². The first-order valence-electron chi connectivity index (χ1n) is 11.8. The van der Waals surface area contributed by atoms with E-state index in [4.69, 9.17) is 71.1 Å². The molecule has 2 N–H and O–H groups in total. The Hall–Kier alpha value is -1.26. The van der Waals surface area contributed by atoms with Crippen LogP contribution in [0.5, 0.6) is 0 Å². The number of hydrogen-bond acceptors (Lipinski definition) is 7. The molecule has 2 aromatic rings. The largest absolute Gasteiger partial charge is 0.352 e. The molecule has 37 heavy (non-hydrogen) atoms. The minimum absolute atomic E-state index is 0.208. The average Bonchev–Trinajstić information content (AvgIpc) is 2.84. The van der Waals surface area contributed by atoms with Gasteiger partial charge in [-0.2, -0.15) is 0 Å². The molecule has 0 aliphatic rings. The molecule has 11 heteroatoms. The average molecular weight is 598 g/mol. The monoisotopic (exact) mass is 596 g/mol. The van der Waals surface area contributed by atoms with Crippen LogP contribution in [-0.4, -0.2) is 64.6 Å². The molecule has 0 unspecified atom stereocenters. The quantitative estimate of drug-likeness (QED) is 0.152. The van der Waals surface area contributed by atoms with Gasteiger partial charge in [0.1, 0.15) is 6.29 Å². The highest BCUT2D eigenvalue weighted by molar-refractivity contribution is 6.35. The fourth-order valence-corrected chi connectivity index (χ4v) is 3.70. The molecule has 2 rings (SSSR count). The minimum Gasteiger partial charge on any atom is -0.352 e. The summed E-state index contributed by atoms with van der Waals surface area (Å²) in [6, 6.07) is 9.97. The summed E-state index contributed by atoms with van der Waals surface area (Å²) in [6.45, 7) is 11.1. The van der Waals surface area contributed by atoms with Crippen molar-refractivity contribution >= 4 is 58.9 Å². The summed E-state index contributed by atoms with van der Waals surface area (Å²) in [6.07, 6.45) is 1.91. The van der Waals surface area contributed by atoms with Gasteiger partial charge in [0.2, 0.25) is 0 Å². The molecule has 0 fully saturated rings. The second kappa shape index (κ2) is 22.7. The van der Waals surface area contributed by atoms with Gasteiger partial charge in [0, 0.05) is 64.8 Å². The van der Waals surface area contributed by atoms with Crippen molar-refractivity contribution in [1.82, 2.24) is 0 Å². The molecule has 0 saturated carbocycles. The fourth-order valence-electron chi connectivity index (χ4n) is 2.62. The summed E-state index contributed by atoms with van der Waals surface area (Å²) in [5.74, 6) is 0. The van der Waals surface area contributed by atoms with Crippen LogP contribution in [0, 0.1) is 0 Å². The van der Waals surface area contributed by atoms with Crippen LogP contribution < -0.4 is 5.73 Å². The van der Waals surface area contributed by atoms with Crippen LogP contribution in [0.4, 0.5) is 0 Å². The van der Waals surface area contributed by atoms with E-state index in [1.165, 1.54) is 0 Å². The normalized spacial score (nSPS) is 10.8. The molecule has 208 valence electrons. The molecule has 0 radical (unpaired) electrons. The first kappa shape index (κ1) is 35.7. The summed E-state index contributed by atoms with van der Waals surface area (Å²) in [5, 5.41) is 2.15. The molecule has 0 aliphatic carbocycles. The van der Waals surface area contributed by atoms with E-state index in [0.717, 1.165) is 5.56 Å². The second-order valence-corrected chi connectivity index (χ2v) is 8.68. The first-order chi connectivity index (χ1) is 17.7. The zero-order chi connectivity index (χ0) is 28.1. The van der Waals surface area contributed by atoms with Gasteiger partial charge in [-0.15, -0.1) is 0 Å². The summed E-state index contributed by atoms with van der Waals surface area (Å²) < 4.78 is 20.9. The van der Waals surface area contributed by atoms with Gasteiger partial charge in [-0.05, 0) is 69.7 Å². The highest BCUT2D eigenvalue weighted by Crippen LogP contribution is 2.18. The molecule has 0 aromatic heterocycles. The summed E-state index contributed by atoms with van der Waals surface area (Å²) in [7, 11) is 0. The van der Waals surface area contributed by atoms with E-state index in [9.17, 15) is 4.79 Å². The van der Waals surface area contributed by atoms with Crippen LogP contribution in [0.25, 0.3) is 0 Å². The zero-order valence-corrected chi connectivity index (χ0v) is 24.6. The Morgan fingerprint density at radius 3 is 1.43 bits per heavy atom.